The summed E-state index contributed by atoms with van der Waals surface area (Å²) >= 11 is 5.93. The molecule has 0 saturated heterocycles. The number of hydrogen-bond donors (Lipinski definition) is 2. The molecule has 0 spiro atoms. The van der Waals surface area contributed by atoms with E-state index in [-0.39, 0.29) is 11.9 Å². The molecule has 1 aromatic carbocycles. The Balaban J connectivity index is 1.78. The molecule has 0 bridgehead atoms. The number of esters is 1. The largest absolute Gasteiger partial charge is 0.469 e. The van der Waals surface area contributed by atoms with Crippen LogP contribution in [0, 0.1) is 0 Å². The van der Waals surface area contributed by atoms with Gasteiger partial charge >= 0.3 is 5.97 Å². The third kappa shape index (κ3) is 4.49. The lowest BCUT2D eigenvalue weighted by atomic mass is 10.1. The molecular formula is C16H19ClN2O3. The smallest absolute Gasteiger partial charge is 0.305 e. The van der Waals surface area contributed by atoms with E-state index in [4.69, 9.17) is 11.6 Å². The maximum absolute atomic E-state index is 11.9. The summed E-state index contributed by atoms with van der Waals surface area (Å²) in [6.07, 6.45) is 3.99. The quantitative estimate of drug-likeness (QED) is 0.608. The number of H-pyrrole nitrogens is 1. The van der Waals surface area contributed by atoms with Gasteiger partial charge in [-0.05, 0) is 30.5 Å². The molecule has 0 aliphatic heterocycles. The molecule has 5 nitrogen and oxygen atoms in total. The van der Waals surface area contributed by atoms with Gasteiger partial charge in [0, 0.05) is 35.1 Å². The zero-order valence-electron chi connectivity index (χ0n) is 12.4. The predicted molar refractivity (Wildman–Crippen MR) is 85.9 cm³/mol. The summed E-state index contributed by atoms with van der Waals surface area (Å²) in [5, 5.41) is 4.53. The van der Waals surface area contributed by atoms with Gasteiger partial charge in [0.1, 0.15) is 0 Å². The van der Waals surface area contributed by atoms with Crippen molar-refractivity contribution in [1.82, 2.24) is 10.3 Å². The molecule has 2 N–H and O–H groups in total. The van der Waals surface area contributed by atoms with E-state index in [2.05, 4.69) is 15.0 Å². The van der Waals surface area contributed by atoms with Crippen LogP contribution < -0.4 is 5.32 Å². The van der Waals surface area contributed by atoms with Gasteiger partial charge in [-0.1, -0.05) is 17.7 Å². The molecule has 0 aliphatic carbocycles. The fourth-order valence-corrected chi connectivity index (χ4v) is 2.44. The topological polar surface area (TPSA) is 71.2 Å². The lowest BCUT2D eigenvalue weighted by Crippen LogP contribution is -2.26. The first-order valence-corrected chi connectivity index (χ1v) is 7.57. The van der Waals surface area contributed by atoms with E-state index >= 15 is 0 Å². The fourth-order valence-electron chi connectivity index (χ4n) is 2.26. The molecule has 2 aromatic rings. The number of aromatic amines is 1. The van der Waals surface area contributed by atoms with Gasteiger partial charge in [-0.3, -0.25) is 9.59 Å². The Bertz CT molecular complexity index is 666. The summed E-state index contributed by atoms with van der Waals surface area (Å²) < 4.78 is 4.56. The van der Waals surface area contributed by atoms with Crippen LogP contribution in [0.25, 0.3) is 10.9 Å². The number of rotatable bonds is 7. The Hall–Kier alpha value is -2.01. The Morgan fingerprint density at radius 1 is 1.32 bits per heavy atom. The van der Waals surface area contributed by atoms with E-state index in [9.17, 15) is 9.59 Å². The first kappa shape index (κ1) is 16.4. The first-order chi connectivity index (χ1) is 10.6. The van der Waals surface area contributed by atoms with E-state index < -0.39 is 0 Å². The summed E-state index contributed by atoms with van der Waals surface area (Å²) in [5.74, 6) is -0.252. The fraction of sp³-hybridized carbons (Fsp3) is 0.375. The Morgan fingerprint density at radius 3 is 2.91 bits per heavy atom. The minimum absolute atomic E-state index is 0.0334. The van der Waals surface area contributed by atoms with Crippen molar-refractivity contribution in [2.75, 3.05) is 13.7 Å². The third-order valence-electron chi connectivity index (χ3n) is 3.44. The number of aromatic nitrogens is 1. The molecule has 1 amide bonds. The standard InChI is InChI=1S/C16H19ClN2O3/c1-22-16(21)4-2-3-7-18-15(20)8-11-10-19-14-9-12(17)5-6-13(11)14/h5-6,9-10,19H,2-4,7-8H2,1H3,(H,18,20). The molecule has 0 aliphatic rings. The number of fused-ring (bicyclic) bond motifs is 1. The summed E-state index contributed by atoms with van der Waals surface area (Å²) in [5.41, 5.74) is 1.87. The number of amides is 1. The highest BCUT2D eigenvalue weighted by Crippen LogP contribution is 2.22. The van der Waals surface area contributed by atoms with Gasteiger partial charge < -0.3 is 15.0 Å². The van der Waals surface area contributed by atoms with Gasteiger partial charge in [0.2, 0.25) is 5.91 Å². The highest BCUT2D eigenvalue weighted by atomic mass is 35.5. The highest BCUT2D eigenvalue weighted by molar-refractivity contribution is 6.31. The lowest BCUT2D eigenvalue weighted by molar-refractivity contribution is -0.140. The molecule has 2 rings (SSSR count). The number of carbonyl (C=O) groups excluding carboxylic acids is 2. The van der Waals surface area contributed by atoms with Crippen LogP contribution in [0.3, 0.4) is 0 Å². The zero-order chi connectivity index (χ0) is 15.9. The molecule has 6 heteroatoms. The van der Waals surface area contributed by atoms with Gasteiger partial charge in [-0.25, -0.2) is 0 Å². The average molecular weight is 323 g/mol. The number of benzene rings is 1. The van der Waals surface area contributed by atoms with Crippen LogP contribution in [0.5, 0.6) is 0 Å². The van der Waals surface area contributed by atoms with E-state index in [1.165, 1.54) is 7.11 Å². The maximum Gasteiger partial charge on any atom is 0.305 e. The van der Waals surface area contributed by atoms with Crippen molar-refractivity contribution < 1.29 is 14.3 Å². The van der Waals surface area contributed by atoms with Crippen LogP contribution in [-0.4, -0.2) is 30.5 Å². The molecule has 0 fully saturated rings. The number of nitrogens with one attached hydrogen (secondary N) is 2. The second-order valence-electron chi connectivity index (χ2n) is 5.06. The Labute approximate surface area is 134 Å². The molecule has 22 heavy (non-hydrogen) atoms. The molecule has 1 aromatic heterocycles. The summed E-state index contributed by atoms with van der Waals surface area (Å²) in [6, 6.07) is 5.56. The van der Waals surface area contributed by atoms with Crippen LogP contribution in [-0.2, 0) is 20.7 Å². The van der Waals surface area contributed by atoms with Crippen molar-refractivity contribution in [1.29, 1.82) is 0 Å². The van der Waals surface area contributed by atoms with Gasteiger partial charge in [0.15, 0.2) is 0 Å². The van der Waals surface area contributed by atoms with E-state index in [1.54, 1.807) is 0 Å². The van der Waals surface area contributed by atoms with Crippen molar-refractivity contribution in [2.45, 2.75) is 25.7 Å². The van der Waals surface area contributed by atoms with E-state index in [1.807, 2.05) is 24.4 Å². The third-order valence-corrected chi connectivity index (χ3v) is 3.67. The highest BCUT2D eigenvalue weighted by Gasteiger charge is 2.09. The Kier molecular flexibility index (Phi) is 5.83. The summed E-state index contributed by atoms with van der Waals surface area (Å²) in [4.78, 5) is 26.0. The number of halogens is 1. The van der Waals surface area contributed by atoms with Gasteiger partial charge in [0.05, 0.1) is 13.5 Å². The zero-order valence-corrected chi connectivity index (χ0v) is 13.2. The van der Waals surface area contributed by atoms with Crippen LogP contribution in [0.15, 0.2) is 24.4 Å². The lowest BCUT2D eigenvalue weighted by Gasteiger charge is -2.04. The maximum atomic E-state index is 11.9. The first-order valence-electron chi connectivity index (χ1n) is 7.19. The van der Waals surface area contributed by atoms with Gasteiger partial charge in [-0.15, -0.1) is 0 Å². The van der Waals surface area contributed by atoms with Crippen molar-refractivity contribution in [3.8, 4) is 0 Å². The minimum atomic E-state index is -0.219. The van der Waals surface area contributed by atoms with Crippen LogP contribution in [0.4, 0.5) is 0 Å². The van der Waals surface area contributed by atoms with E-state index in [0.717, 1.165) is 22.9 Å². The van der Waals surface area contributed by atoms with E-state index in [0.29, 0.717) is 30.8 Å². The van der Waals surface area contributed by atoms with Crippen molar-refractivity contribution >= 4 is 34.4 Å². The van der Waals surface area contributed by atoms with Crippen molar-refractivity contribution in [3.05, 3.63) is 35.0 Å². The van der Waals surface area contributed by atoms with Crippen molar-refractivity contribution in [2.24, 2.45) is 0 Å². The molecule has 0 atom stereocenters. The second-order valence-corrected chi connectivity index (χ2v) is 5.50. The molecule has 0 unspecified atom stereocenters. The van der Waals surface area contributed by atoms with Crippen LogP contribution >= 0.6 is 11.6 Å². The second kappa shape index (κ2) is 7.84. The van der Waals surface area contributed by atoms with Gasteiger partial charge in [-0.2, -0.15) is 0 Å². The average Bonchev–Trinajstić information content (AvgIpc) is 2.88. The van der Waals surface area contributed by atoms with Crippen molar-refractivity contribution in [3.63, 3.8) is 0 Å². The monoisotopic (exact) mass is 322 g/mol. The predicted octanol–water partition coefficient (Wildman–Crippen LogP) is 2.82. The number of ether oxygens (including phenoxy) is 1. The normalized spacial score (nSPS) is 10.6. The minimum Gasteiger partial charge on any atom is -0.469 e. The molecule has 0 saturated carbocycles. The molecular weight excluding hydrogens is 304 g/mol. The Morgan fingerprint density at radius 2 is 2.14 bits per heavy atom. The summed E-state index contributed by atoms with van der Waals surface area (Å²) in [6.45, 7) is 0.560. The van der Waals surface area contributed by atoms with Crippen LogP contribution in [0.1, 0.15) is 24.8 Å². The number of hydrogen-bond acceptors (Lipinski definition) is 3. The summed E-state index contributed by atoms with van der Waals surface area (Å²) in [7, 11) is 1.37. The van der Waals surface area contributed by atoms with Crippen LogP contribution in [0.2, 0.25) is 5.02 Å². The SMILES string of the molecule is COC(=O)CCCCNC(=O)Cc1c[nH]c2cc(Cl)ccc12. The number of carbonyl (C=O) groups is 2. The molecule has 0 radical (unpaired) electrons. The van der Waals surface area contributed by atoms with Gasteiger partial charge in [0.25, 0.3) is 0 Å². The number of methoxy groups -OCH3 is 1. The molecule has 1 heterocycles. The number of unbranched alkanes of at least 4 members (excludes halogenated alkanes) is 1. The molecule has 118 valence electrons.